The van der Waals surface area contributed by atoms with E-state index in [-0.39, 0.29) is 22.9 Å². The number of hydrogen-bond acceptors (Lipinski definition) is 6. The van der Waals surface area contributed by atoms with Crippen LogP contribution < -0.4 is 10.1 Å². The second-order valence-corrected chi connectivity index (χ2v) is 8.17. The zero-order valence-corrected chi connectivity index (χ0v) is 15.7. The summed E-state index contributed by atoms with van der Waals surface area (Å²) in [5.74, 6) is -0.322. The van der Waals surface area contributed by atoms with Crippen molar-refractivity contribution in [3.8, 4) is 5.75 Å². The molecule has 0 bridgehead atoms. The van der Waals surface area contributed by atoms with Gasteiger partial charge in [-0.3, -0.25) is 14.9 Å². The van der Waals surface area contributed by atoms with Crippen LogP contribution in [-0.4, -0.2) is 43.2 Å². The molecule has 0 saturated carbocycles. The highest BCUT2D eigenvalue weighted by molar-refractivity contribution is 7.89. The summed E-state index contributed by atoms with van der Waals surface area (Å²) >= 11 is 0. The number of non-ortho nitro benzene ring substituents is 1. The third-order valence-corrected chi connectivity index (χ3v) is 6.11. The zero-order valence-electron chi connectivity index (χ0n) is 14.9. The fourth-order valence-corrected chi connectivity index (χ4v) is 4.41. The van der Waals surface area contributed by atoms with Gasteiger partial charge in [-0.15, -0.1) is 0 Å². The number of rotatable bonds is 7. The SMILES string of the molecule is O=C(COc1cccc([N+](=O)[O-])c1)Nc1cccc(S(=O)(=O)N2CCCC2)c1. The Morgan fingerprint density at radius 3 is 2.57 bits per heavy atom. The summed E-state index contributed by atoms with van der Waals surface area (Å²) in [6, 6.07) is 11.5. The first-order chi connectivity index (χ1) is 13.4. The molecule has 1 N–H and O–H groups in total. The first kappa shape index (κ1) is 19.8. The van der Waals surface area contributed by atoms with Crippen molar-refractivity contribution >= 4 is 27.3 Å². The van der Waals surface area contributed by atoms with E-state index in [2.05, 4.69) is 5.32 Å². The summed E-state index contributed by atoms with van der Waals surface area (Å²) in [7, 11) is -3.58. The molecule has 28 heavy (non-hydrogen) atoms. The number of nitrogens with one attached hydrogen (secondary N) is 1. The minimum atomic E-state index is -3.58. The van der Waals surface area contributed by atoms with Crippen LogP contribution in [0.15, 0.2) is 53.4 Å². The van der Waals surface area contributed by atoms with Crippen molar-refractivity contribution in [2.24, 2.45) is 0 Å². The van der Waals surface area contributed by atoms with Crippen LogP contribution in [0.3, 0.4) is 0 Å². The number of nitro benzene ring substituents is 1. The Kier molecular flexibility index (Phi) is 5.90. The molecule has 9 nitrogen and oxygen atoms in total. The number of amides is 1. The average Bonchev–Trinajstić information content (AvgIpc) is 3.22. The monoisotopic (exact) mass is 405 g/mol. The molecular weight excluding hydrogens is 386 g/mol. The molecule has 1 amide bonds. The number of carbonyl (C=O) groups is 1. The quantitative estimate of drug-likeness (QED) is 0.558. The van der Waals surface area contributed by atoms with E-state index in [0.29, 0.717) is 18.8 Å². The van der Waals surface area contributed by atoms with Gasteiger partial charge in [0.1, 0.15) is 5.75 Å². The Morgan fingerprint density at radius 1 is 1.14 bits per heavy atom. The molecular formula is C18H19N3O6S. The lowest BCUT2D eigenvalue weighted by Gasteiger charge is -2.16. The number of anilines is 1. The molecule has 0 radical (unpaired) electrons. The Labute approximate surface area is 162 Å². The molecule has 148 valence electrons. The highest BCUT2D eigenvalue weighted by Gasteiger charge is 2.27. The molecule has 2 aromatic rings. The normalized spacial score (nSPS) is 14.6. The molecule has 0 atom stereocenters. The Hall–Kier alpha value is -2.98. The van der Waals surface area contributed by atoms with Crippen LogP contribution in [-0.2, 0) is 14.8 Å². The van der Waals surface area contributed by atoms with Gasteiger partial charge in [-0.2, -0.15) is 4.31 Å². The van der Waals surface area contributed by atoms with E-state index >= 15 is 0 Å². The topological polar surface area (TPSA) is 119 Å². The Bertz CT molecular complexity index is 986. The molecule has 3 rings (SSSR count). The van der Waals surface area contributed by atoms with Crippen molar-refractivity contribution in [1.29, 1.82) is 0 Å². The summed E-state index contributed by atoms with van der Waals surface area (Å²) in [5.41, 5.74) is 0.186. The maximum Gasteiger partial charge on any atom is 0.273 e. The standard InChI is InChI=1S/C18H19N3O6S/c22-18(13-27-16-7-4-6-15(12-16)21(23)24)19-14-5-3-8-17(11-14)28(25,26)20-9-1-2-10-20/h3-8,11-12H,1-2,9-10,13H2,(H,19,22). The fraction of sp³-hybridized carbons (Fsp3) is 0.278. The molecule has 2 aromatic carbocycles. The molecule has 1 heterocycles. The van der Waals surface area contributed by atoms with E-state index in [1.807, 2.05) is 0 Å². The van der Waals surface area contributed by atoms with Gasteiger partial charge in [0.05, 0.1) is 15.9 Å². The molecule has 1 saturated heterocycles. The van der Waals surface area contributed by atoms with Crippen LogP contribution in [0.2, 0.25) is 0 Å². The second kappa shape index (κ2) is 8.36. The molecule has 0 aliphatic carbocycles. The highest BCUT2D eigenvalue weighted by atomic mass is 32.2. The lowest BCUT2D eigenvalue weighted by molar-refractivity contribution is -0.384. The van der Waals surface area contributed by atoms with Crippen molar-refractivity contribution in [2.75, 3.05) is 25.0 Å². The number of carbonyl (C=O) groups excluding carboxylic acids is 1. The first-order valence-corrected chi connectivity index (χ1v) is 10.1. The number of sulfonamides is 1. The molecule has 0 spiro atoms. The summed E-state index contributed by atoms with van der Waals surface area (Å²) in [4.78, 5) is 22.4. The predicted molar refractivity (Wildman–Crippen MR) is 102 cm³/mol. The largest absolute Gasteiger partial charge is 0.484 e. The first-order valence-electron chi connectivity index (χ1n) is 8.63. The van der Waals surface area contributed by atoms with Crippen LogP contribution >= 0.6 is 0 Å². The van der Waals surface area contributed by atoms with E-state index in [9.17, 15) is 23.3 Å². The van der Waals surface area contributed by atoms with Gasteiger partial charge in [0.2, 0.25) is 10.0 Å². The van der Waals surface area contributed by atoms with E-state index in [1.54, 1.807) is 12.1 Å². The third kappa shape index (κ3) is 4.65. The molecule has 0 unspecified atom stereocenters. The van der Waals surface area contributed by atoms with Crippen LogP contribution in [0.5, 0.6) is 5.75 Å². The third-order valence-electron chi connectivity index (χ3n) is 4.22. The lowest BCUT2D eigenvalue weighted by Crippen LogP contribution is -2.28. The minimum Gasteiger partial charge on any atom is -0.484 e. The summed E-state index contributed by atoms with van der Waals surface area (Å²) in [6.07, 6.45) is 1.68. The fourth-order valence-electron chi connectivity index (χ4n) is 2.84. The maximum absolute atomic E-state index is 12.6. The summed E-state index contributed by atoms with van der Waals surface area (Å²) < 4.78 is 31.9. The van der Waals surface area contributed by atoms with Crippen LogP contribution in [0, 0.1) is 10.1 Å². The summed E-state index contributed by atoms with van der Waals surface area (Å²) in [5, 5.41) is 13.3. The lowest BCUT2D eigenvalue weighted by atomic mass is 10.3. The molecule has 10 heteroatoms. The number of nitro groups is 1. The molecule has 1 aliphatic rings. The van der Waals surface area contributed by atoms with Crippen molar-refractivity contribution in [2.45, 2.75) is 17.7 Å². The number of ether oxygens (including phenoxy) is 1. The summed E-state index contributed by atoms with van der Waals surface area (Å²) in [6.45, 7) is 0.621. The number of nitrogens with zero attached hydrogens (tertiary/aromatic N) is 2. The predicted octanol–water partition coefficient (Wildman–Crippen LogP) is 2.40. The van der Waals surface area contributed by atoms with Gasteiger partial charge in [-0.25, -0.2) is 8.42 Å². The van der Waals surface area contributed by atoms with Gasteiger partial charge in [-0.05, 0) is 37.1 Å². The second-order valence-electron chi connectivity index (χ2n) is 6.23. The van der Waals surface area contributed by atoms with Gasteiger partial charge < -0.3 is 10.1 Å². The number of hydrogen-bond donors (Lipinski definition) is 1. The highest BCUT2D eigenvalue weighted by Crippen LogP contribution is 2.23. The van der Waals surface area contributed by atoms with Crippen molar-refractivity contribution in [3.63, 3.8) is 0 Å². The smallest absolute Gasteiger partial charge is 0.273 e. The van der Waals surface area contributed by atoms with E-state index in [1.165, 1.54) is 40.7 Å². The van der Waals surface area contributed by atoms with E-state index in [0.717, 1.165) is 12.8 Å². The zero-order chi connectivity index (χ0) is 20.1. The van der Waals surface area contributed by atoms with E-state index in [4.69, 9.17) is 4.74 Å². The van der Waals surface area contributed by atoms with Crippen molar-refractivity contribution < 1.29 is 22.9 Å². The molecule has 0 aromatic heterocycles. The van der Waals surface area contributed by atoms with Crippen molar-refractivity contribution in [1.82, 2.24) is 4.31 Å². The maximum atomic E-state index is 12.6. The van der Waals surface area contributed by atoms with Gasteiger partial charge >= 0.3 is 0 Å². The van der Waals surface area contributed by atoms with Gasteiger partial charge in [-0.1, -0.05) is 12.1 Å². The minimum absolute atomic E-state index is 0.117. The van der Waals surface area contributed by atoms with E-state index < -0.39 is 20.9 Å². The molecule has 1 aliphatic heterocycles. The van der Waals surface area contributed by atoms with Crippen LogP contribution in [0.4, 0.5) is 11.4 Å². The van der Waals surface area contributed by atoms with Gasteiger partial charge in [0.15, 0.2) is 6.61 Å². The van der Waals surface area contributed by atoms with Crippen LogP contribution in [0.1, 0.15) is 12.8 Å². The molecule has 1 fully saturated rings. The van der Waals surface area contributed by atoms with Gasteiger partial charge in [0.25, 0.3) is 11.6 Å². The van der Waals surface area contributed by atoms with Gasteiger partial charge in [0, 0.05) is 24.8 Å². The Morgan fingerprint density at radius 2 is 1.86 bits per heavy atom. The average molecular weight is 405 g/mol. The van der Waals surface area contributed by atoms with Crippen LogP contribution in [0.25, 0.3) is 0 Å². The van der Waals surface area contributed by atoms with Crippen molar-refractivity contribution in [3.05, 3.63) is 58.6 Å². The number of benzene rings is 2. The Balaban J connectivity index is 1.63.